The van der Waals surface area contributed by atoms with Crippen LogP contribution in [0, 0.1) is 5.92 Å². The predicted octanol–water partition coefficient (Wildman–Crippen LogP) is 2.06. The molecule has 0 rings (SSSR count). The van der Waals surface area contributed by atoms with Gasteiger partial charge in [0.15, 0.2) is 0 Å². The van der Waals surface area contributed by atoms with Gasteiger partial charge in [0.2, 0.25) is 0 Å². The second kappa shape index (κ2) is 4.09. The van der Waals surface area contributed by atoms with E-state index < -0.39 is 5.97 Å². The molecule has 10 heavy (non-hydrogen) atoms. The van der Waals surface area contributed by atoms with Crippen LogP contribution in [0.4, 0.5) is 0 Å². The molecule has 0 spiro atoms. The third-order valence-corrected chi connectivity index (χ3v) is 1.47. The summed E-state index contributed by atoms with van der Waals surface area (Å²) in [6.45, 7) is 7.34. The topological polar surface area (TPSA) is 37.3 Å². The van der Waals surface area contributed by atoms with E-state index in [-0.39, 0.29) is 5.92 Å². The number of hydrogen-bond donors (Lipinski definition) is 1. The molecule has 0 aromatic rings. The van der Waals surface area contributed by atoms with Gasteiger partial charge in [-0.3, -0.25) is 4.79 Å². The van der Waals surface area contributed by atoms with Gasteiger partial charge >= 0.3 is 5.97 Å². The van der Waals surface area contributed by atoms with Crippen molar-refractivity contribution in [2.45, 2.75) is 26.7 Å². The third kappa shape index (κ3) is 2.67. The standard InChI is InChI=1S/C8H14O2/c1-4-5-7(6(2)3)8(9)10/h7H,2,4-5H2,1,3H3,(H,9,10). The van der Waals surface area contributed by atoms with Gasteiger partial charge in [-0.2, -0.15) is 0 Å². The molecule has 0 aliphatic carbocycles. The molecule has 1 unspecified atom stereocenters. The van der Waals surface area contributed by atoms with Crippen molar-refractivity contribution in [2.24, 2.45) is 5.92 Å². The van der Waals surface area contributed by atoms with Crippen molar-refractivity contribution in [1.82, 2.24) is 0 Å². The molecule has 2 nitrogen and oxygen atoms in total. The lowest BCUT2D eigenvalue weighted by Crippen LogP contribution is -2.13. The van der Waals surface area contributed by atoms with Crippen molar-refractivity contribution in [3.05, 3.63) is 12.2 Å². The van der Waals surface area contributed by atoms with Crippen molar-refractivity contribution < 1.29 is 9.90 Å². The minimum absolute atomic E-state index is 0.343. The summed E-state index contributed by atoms with van der Waals surface area (Å²) in [4.78, 5) is 10.5. The molecule has 0 amide bonds. The Labute approximate surface area is 61.6 Å². The molecule has 0 radical (unpaired) electrons. The number of aliphatic carboxylic acids is 1. The lowest BCUT2D eigenvalue weighted by Gasteiger charge is -2.08. The SMILES string of the molecule is C=C(C)C(CCC)C(=O)O. The molecule has 0 heterocycles. The van der Waals surface area contributed by atoms with Crippen molar-refractivity contribution >= 4 is 5.97 Å². The number of rotatable bonds is 4. The summed E-state index contributed by atoms with van der Waals surface area (Å²) in [5.74, 6) is -1.10. The lowest BCUT2D eigenvalue weighted by molar-refractivity contribution is -0.140. The van der Waals surface area contributed by atoms with E-state index in [1.165, 1.54) is 0 Å². The van der Waals surface area contributed by atoms with Gasteiger partial charge in [0.25, 0.3) is 0 Å². The summed E-state index contributed by atoms with van der Waals surface area (Å²) in [6, 6.07) is 0. The van der Waals surface area contributed by atoms with Crippen LogP contribution in [0.5, 0.6) is 0 Å². The van der Waals surface area contributed by atoms with E-state index in [2.05, 4.69) is 6.58 Å². The Morgan fingerprint density at radius 2 is 2.20 bits per heavy atom. The van der Waals surface area contributed by atoms with E-state index >= 15 is 0 Å². The molecule has 0 saturated carbocycles. The first kappa shape index (κ1) is 9.21. The normalized spacial score (nSPS) is 12.6. The summed E-state index contributed by atoms with van der Waals surface area (Å²) < 4.78 is 0. The lowest BCUT2D eigenvalue weighted by atomic mass is 9.97. The van der Waals surface area contributed by atoms with Crippen LogP contribution in [0.25, 0.3) is 0 Å². The van der Waals surface area contributed by atoms with Gasteiger partial charge in [0.1, 0.15) is 0 Å². The molecule has 0 fully saturated rings. The zero-order valence-corrected chi connectivity index (χ0v) is 6.55. The highest BCUT2D eigenvalue weighted by Gasteiger charge is 2.15. The summed E-state index contributed by atoms with van der Waals surface area (Å²) in [5.41, 5.74) is 0.745. The fourth-order valence-electron chi connectivity index (χ4n) is 0.869. The second-order valence-corrected chi connectivity index (χ2v) is 2.53. The number of hydrogen-bond acceptors (Lipinski definition) is 1. The van der Waals surface area contributed by atoms with Crippen molar-refractivity contribution in [2.75, 3.05) is 0 Å². The summed E-state index contributed by atoms with van der Waals surface area (Å²) in [7, 11) is 0. The van der Waals surface area contributed by atoms with Gasteiger partial charge in [-0.1, -0.05) is 25.5 Å². The summed E-state index contributed by atoms with van der Waals surface area (Å²) >= 11 is 0. The maximum absolute atomic E-state index is 10.5. The third-order valence-electron chi connectivity index (χ3n) is 1.47. The van der Waals surface area contributed by atoms with Crippen LogP contribution in [0.2, 0.25) is 0 Å². The quantitative estimate of drug-likeness (QED) is 0.610. The van der Waals surface area contributed by atoms with Crippen molar-refractivity contribution in [3.8, 4) is 0 Å². The second-order valence-electron chi connectivity index (χ2n) is 2.53. The predicted molar refractivity (Wildman–Crippen MR) is 40.8 cm³/mol. The van der Waals surface area contributed by atoms with Gasteiger partial charge in [0.05, 0.1) is 5.92 Å². The Morgan fingerprint density at radius 3 is 2.30 bits per heavy atom. The smallest absolute Gasteiger partial charge is 0.310 e. The first-order chi connectivity index (χ1) is 4.59. The van der Waals surface area contributed by atoms with Gasteiger partial charge in [-0.15, -0.1) is 0 Å². The maximum atomic E-state index is 10.5. The summed E-state index contributed by atoms with van der Waals surface area (Å²) in [6.07, 6.45) is 1.59. The van der Waals surface area contributed by atoms with Crippen molar-refractivity contribution in [3.63, 3.8) is 0 Å². The highest BCUT2D eigenvalue weighted by molar-refractivity contribution is 5.73. The van der Waals surface area contributed by atoms with Gasteiger partial charge in [0, 0.05) is 0 Å². The zero-order chi connectivity index (χ0) is 8.15. The van der Waals surface area contributed by atoms with Crippen LogP contribution in [0.3, 0.4) is 0 Å². The van der Waals surface area contributed by atoms with Crippen LogP contribution >= 0.6 is 0 Å². The monoisotopic (exact) mass is 142 g/mol. The van der Waals surface area contributed by atoms with E-state index in [0.717, 1.165) is 12.0 Å². The first-order valence-corrected chi connectivity index (χ1v) is 3.47. The molecule has 1 N–H and O–H groups in total. The number of carboxylic acids is 1. The zero-order valence-electron chi connectivity index (χ0n) is 6.55. The number of carboxylic acid groups (broad SMARTS) is 1. The van der Waals surface area contributed by atoms with Crippen LogP contribution in [0.1, 0.15) is 26.7 Å². The van der Waals surface area contributed by atoms with Crippen LogP contribution in [-0.4, -0.2) is 11.1 Å². The largest absolute Gasteiger partial charge is 0.481 e. The Balaban J connectivity index is 3.98. The summed E-state index contributed by atoms with van der Waals surface area (Å²) in [5, 5.41) is 8.61. The molecule has 58 valence electrons. The van der Waals surface area contributed by atoms with E-state index in [4.69, 9.17) is 5.11 Å². The molecule has 0 aromatic carbocycles. The van der Waals surface area contributed by atoms with Gasteiger partial charge in [-0.25, -0.2) is 0 Å². The average Bonchev–Trinajstić information content (AvgIpc) is 1.81. The van der Waals surface area contributed by atoms with E-state index in [1.807, 2.05) is 6.92 Å². The van der Waals surface area contributed by atoms with Crippen LogP contribution < -0.4 is 0 Å². The minimum Gasteiger partial charge on any atom is -0.481 e. The van der Waals surface area contributed by atoms with Gasteiger partial charge < -0.3 is 5.11 Å². The van der Waals surface area contributed by atoms with E-state index in [9.17, 15) is 4.79 Å². The van der Waals surface area contributed by atoms with Crippen LogP contribution in [0.15, 0.2) is 12.2 Å². The Kier molecular flexibility index (Phi) is 3.77. The molecule has 1 atom stereocenters. The van der Waals surface area contributed by atoms with Crippen LogP contribution in [-0.2, 0) is 4.79 Å². The van der Waals surface area contributed by atoms with Gasteiger partial charge in [-0.05, 0) is 13.3 Å². The molecular weight excluding hydrogens is 128 g/mol. The molecular formula is C8H14O2. The molecule has 2 heteroatoms. The maximum Gasteiger partial charge on any atom is 0.310 e. The highest BCUT2D eigenvalue weighted by atomic mass is 16.4. The minimum atomic E-state index is -0.755. The average molecular weight is 142 g/mol. The Morgan fingerprint density at radius 1 is 1.70 bits per heavy atom. The molecule has 0 bridgehead atoms. The Bertz CT molecular complexity index is 124. The molecule has 0 aromatic heterocycles. The fourth-order valence-corrected chi connectivity index (χ4v) is 0.869. The molecule has 0 aliphatic rings. The number of carbonyl (C=O) groups is 1. The highest BCUT2D eigenvalue weighted by Crippen LogP contribution is 2.14. The van der Waals surface area contributed by atoms with Crippen molar-refractivity contribution in [1.29, 1.82) is 0 Å². The first-order valence-electron chi connectivity index (χ1n) is 3.47. The Hall–Kier alpha value is -0.790. The van der Waals surface area contributed by atoms with E-state index in [0.29, 0.717) is 6.42 Å². The molecule has 0 saturated heterocycles. The van der Waals surface area contributed by atoms with E-state index in [1.54, 1.807) is 6.92 Å². The fraction of sp³-hybridized carbons (Fsp3) is 0.625. The molecule has 0 aliphatic heterocycles.